The van der Waals surface area contributed by atoms with Crippen molar-refractivity contribution in [3.63, 3.8) is 0 Å². The van der Waals surface area contributed by atoms with Gasteiger partial charge in [-0.3, -0.25) is 9.78 Å². The second kappa shape index (κ2) is 11.1. The molecule has 0 bridgehead atoms. The molecule has 40 heavy (non-hydrogen) atoms. The molecule has 206 valence electrons. The smallest absolute Gasteiger partial charge is 0.337 e. The Morgan fingerprint density at radius 2 is 1.77 bits per heavy atom. The van der Waals surface area contributed by atoms with Gasteiger partial charge in [-0.2, -0.15) is 4.98 Å². The number of aromatic nitrogens is 3. The summed E-state index contributed by atoms with van der Waals surface area (Å²) in [5.74, 6) is -1.47. The molecule has 0 spiro atoms. The Balaban J connectivity index is 1.65. The van der Waals surface area contributed by atoms with Crippen LogP contribution in [-0.4, -0.2) is 48.2 Å². The summed E-state index contributed by atoms with van der Waals surface area (Å²) in [6, 6.07) is 8.63. The van der Waals surface area contributed by atoms with Crippen molar-refractivity contribution in [2.24, 2.45) is 5.73 Å². The van der Waals surface area contributed by atoms with E-state index in [2.05, 4.69) is 20.3 Å². The molecule has 11 heteroatoms. The highest BCUT2D eigenvalue weighted by molar-refractivity contribution is 6.08. The van der Waals surface area contributed by atoms with Crippen molar-refractivity contribution in [1.82, 2.24) is 15.0 Å². The monoisotopic (exact) mass is 545 g/mol. The first-order chi connectivity index (χ1) is 19.3. The zero-order valence-electron chi connectivity index (χ0n) is 22.3. The lowest BCUT2D eigenvalue weighted by Crippen LogP contribution is -2.15. The van der Waals surface area contributed by atoms with E-state index in [1.54, 1.807) is 12.1 Å². The van der Waals surface area contributed by atoms with Crippen LogP contribution in [0.4, 0.5) is 15.8 Å². The van der Waals surface area contributed by atoms with Crippen molar-refractivity contribution in [3.05, 3.63) is 65.2 Å². The number of methoxy groups -OCH3 is 3. The highest BCUT2D eigenvalue weighted by Gasteiger charge is 2.23. The van der Waals surface area contributed by atoms with E-state index in [0.29, 0.717) is 28.1 Å². The average molecular weight is 546 g/mol. The van der Waals surface area contributed by atoms with Crippen LogP contribution in [0, 0.1) is 5.82 Å². The minimum absolute atomic E-state index is 0.0111. The molecule has 0 radical (unpaired) electrons. The maximum atomic E-state index is 16.0. The van der Waals surface area contributed by atoms with Gasteiger partial charge in [0.15, 0.2) is 5.82 Å². The lowest BCUT2D eigenvalue weighted by atomic mass is 9.95. The number of carbonyl (C=O) groups is 2. The maximum Gasteiger partial charge on any atom is 0.337 e. The van der Waals surface area contributed by atoms with Crippen LogP contribution in [0.3, 0.4) is 0 Å². The number of esters is 1. The number of ether oxygens (including phenoxy) is 3. The van der Waals surface area contributed by atoms with Crippen molar-refractivity contribution >= 4 is 34.2 Å². The van der Waals surface area contributed by atoms with E-state index in [9.17, 15) is 9.59 Å². The second-order valence-electron chi connectivity index (χ2n) is 9.46. The molecule has 5 rings (SSSR count). The molecule has 1 saturated carbocycles. The van der Waals surface area contributed by atoms with Crippen molar-refractivity contribution in [3.8, 4) is 23.0 Å². The van der Waals surface area contributed by atoms with Crippen molar-refractivity contribution in [1.29, 1.82) is 0 Å². The number of halogens is 1. The van der Waals surface area contributed by atoms with Gasteiger partial charge in [0, 0.05) is 29.0 Å². The number of nitrogens with zero attached hydrogens (tertiary/aromatic N) is 3. The van der Waals surface area contributed by atoms with E-state index < -0.39 is 17.7 Å². The minimum atomic E-state index is -0.744. The van der Waals surface area contributed by atoms with Crippen molar-refractivity contribution in [2.75, 3.05) is 26.6 Å². The highest BCUT2D eigenvalue weighted by Crippen LogP contribution is 2.39. The number of pyridine rings is 1. The van der Waals surface area contributed by atoms with E-state index >= 15 is 4.39 Å². The molecule has 0 atom stereocenters. The Hall–Kier alpha value is -4.80. The van der Waals surface area contributed by atoms with E-state index in [-0.39, 0.29) is 34.2 Å². The maximum absolute atomic E-state index is 16.0. The fourth-order valence-corrected chi connectivity index (χ4v) is 5.15. The number of carbonyl (C=O) groups excluding carboxylic acids is 2. The van der Waals surface area contributed by atoms with Crippen LogP contribution in [-0.2, 0) is 4.74 Å². The number of hydrogen-bond donors (Lipinski definition) is 2. The van der Waals surface area contributed by atoms with Gasteiger partial charge in [-0.25, -0.2) is 14.2 Å². The van der Waals surface area contributed by atoms with Gasteiger partial charge in [-0.05, 0) is 48.6 Å². The SMILES string of the molecule is COC(=O)c1cc(Nc2c(C(N)=O)cnc3c(F)c(-c4cnc(OC)nc4OC)ccc23)cc(C2CCCC2)c1. The van der Waals surface area contributed by atoms with Gasteiger partial charge in [0.25, 0.3) is 5.91 Å². The van der Waals surface area contributed by atoms with Crippen molar-refractivity contribution < 1.29 is 28.2 Å². The molecule has 1 fully saturated rings. The summed E-state index contributed by atoms with van der Waals surface area (Å²) in [7, 11) is 4.14. The normalized spacial score (nSPS) is 13.3. The molecule has 3 N–H and O–H groups in total. The molecule has 1 aliphatic carbocycles. The number of nitrogens with one attached hydrogen (secondary N) is 1. The molecule has 0 aliphatic heterocycles. The molecule has 2 aromatic carbocycles. The average Bonchev–Trinajstić information content (AvgIpc) is 3.52. The van der Waals surface area contributed by atoms with Crippen molar-refractivity contribution in [2.45, 2.75) is 31.6 Å². The minimum Gasteiger partial charge on any atom is -0.480 e. The van der Waals surface area contributed by atoms with Gasteiger partial charge in [0.1, 0.15) is 5.52 Å². The van der Waals surface area contributed by atoms with Crippen LogP contribution < -0.4 is 20.5 Å². The third kappa shape index (κ3) is 4.97. The lowest BCUT2D eigenvalue weighted by Gasteiger charge is -2.18. The summed E-state index contributed by atoms with van der Waals surface area (Å²) in [5.41, 5.74) is 8.34. The topological polar surface area (TPSA) is 139 Å². The van der Waals surface area contributed by atoms with Crippen LogP contribution in [0.25, 0.3) is 22.0 Å². The molecule has 4 aromatic rings. The Bertz CT molecular complexity index is 1620. The summed E-state index contributed by atoms with van der Waals surface area (Å²) < 4.78 is 31.3. The van der Waals surface area contributed by atoms with Crippen LogP contribution in [0.1, 0.15) is 57.9 Å². The summed E-state index contributed by atoms with van der Waals surface area (Å²) in [6.07, 6.45) is 6.88. The molecule has 0 unspecified atom stereocenters. The third-order valence-electron chi connectivity index (χ3n) is 7.11. The van der Waals surface area contributed by atoms with Crippen LogP contribution >= 0.6 is 0 Å². The van der Waals surface area contributed by atoms with Gasteiger partial charge in [-0.15, -0.1) is 0 Å². The number of amides is 1. The number of hydrogen-bond acceptors (Lipinski definition) is 9. The number of anilines is 2. The number of rotatable bonds is 8. The molecule has 1 aliphatic rings. The quantitative estimate of drug-likeness (QED) is 0.288. The predicted molar refractivity (Wildman–Crippen MR) is 147 cm³/mol. The highest BCUT2D eigenvalue weighted by atomic mass is 19.1. The summed E-state index contributed by atoms with van der Waals surface area (Å²) in [6.45, 7) is 0. The predicted octanol–water partition coefficient (Wildman–Crippen LogP) is 5.13. The Morgan fingerprint density at radius 3 is 2.45 bits per heavy atom. The Kier molecular flexibility index (Phi) is 7.45. The summed E-state index contributed by atoms with van der Waals surface area (Å²) >= 11 is 0. The zero-order valence-corrected chi connectivity index (χ0v) is 22.3. The summed E-state index contributed by atoms with van der Waals surface area (Å²) in [5, 5.41) is 3.54. The molecule has 1 amide bonds. The molecular formula is C29H28FN5O5. The van der Waals surface area contributed by atoms with E-state index in [1.165, 1.54) is 39.8 Å². The van der Waals surface area contributed by atoms with Crippen LogP contribution in [0.5, 0.6) is 11.9 Å². The first-order valence-corrected chi connectivity index (χ1v) is 12.7. The number of benzene rings is 2. The van der Waals surface area contributed by atoms with Gasteiger partial charge in [0.2, 0.25) is 5.88 Å². The summed E-state index contributed by atoms with van der Waals surface area (Å²) in [4.78, 5) is 37.3. The Morgan fingerprint density at radius 1 is 1.00 bits per heavy atom. The van der Waals surface area contributed by atoms with Crippen LogP contribution in [0.2, 0.25) is 0 Å². The Labute approximate surface area is 229 Å². The standard InChI is InChI=1S/C29H28FN5O5/c1-38-27-21(13-33-29(35-27)40-3)19-8-9-20-24(22(26(31)36)14-32-25(20)23(19)30)34-18-11-16(15-6-4-5-7-15)10-17(12-18)28(37)39-2/h8-15H,4-7H2,1-3H3,(H2,31,36)(H,32,34). The molecule has 0 saturated heterocycles. The van der Waals surface area contributed by atoms with E-state index in [4.69, 9.17) is 19.9 Å². The van der Waals surface area contributed by atoms with Gasteiger partial charge in [0.05, 0.1) is 43.7 Å². The lowest BCUT2D eigenvalue weighted by molar-refractivity contribution is 0.0600. The second-order valence-corrected chi connectivity index (χ2v) is 9.46. The van der Waals surface area contributed by atoms with Gasteiger partial charge >= 0.3 is 12.0 Å². The fourth-order valence-electron chi connectivity index (χ4n) is 5.15. The molecule has 2 heterocycles. The van der Waals surface area contributed by atoms with Gasteiger partial charge < -0.3 is 25.3 Å². The molecular weight excluding hydrogens is 517 g/mol. The fraction of sp³-hybridized carbons (Fsp3) is 0.276. The van der Waals surface area contributed by atoms with Gasteiger partial charge in [-0.1, -0.05) is 18.9 Å². The first-order valence-electron chi connectivity index (χ1n) is 12.7. The number of fused-ring (bicyclic) bond motifs is 1. The number of primary amides is 1. The third-order valence-corrected chi connectivity index (χ3v) is 7.11. The largest absolute Gasteiger partial charge is 0.480 e. The molecule has 10 nitrogen and oxygen atoms in total. The van der Waals surface area contributed by atoms with E-state index in [0.717, 1.165) is 31.2 Å². The zero-order chi connectivity index (χ0) is 28.4. The van der Waals surface area contributed by atoms with E-state index in [1.807, 2.05) is 12.1 Å². The van der Waals surface area contributed by atoms with Crippen LogP contribution in [0.15, 0.2) is 42.7 Å². The number of nitrogens with two attached hydrogens (primary N) is 1. The molecule has 2 aromatic heterocycles. The first kappa shape index (κ1) is 26.8.